The third-order valence-corrected chi connectivity index (χ3v) is 4.13. The molecule has 0 radical (unpaired) electrons. The molecule has 0 aliphatic rings. The van der Waals surface area contributed by atoms with Crippen molar-refractivity contribution in [3.63, 3.8) is 0 Å². The van der Waals surface area contributed by atoms with E-state index in [9.17, 15) is 14.0 Å². The van der Waals surface area contributed by atoms with Crippen molar-refractivity contribution < 1.29 is 18.7 Å². The fraction of sp³-hybridized carbons (Fsp3) is 0.263. The topological polar surface area (TPSA) is 67.4 Å². The van der Waals surface area contributed by atoms with Gasteiger partial charge in [0.2, 0.25) is 11.8 Å². The van der Waals surface area contributed by atoms with E-state index in [1.54, 1.807) is 30.3 Å². The van der Waals surface area contributed by atoms with E-state index >= 15 is 0 Å². The van der Waals surface area contributed by atoms with E-state index in [1.165, 1.54) is 12.1 Å². The Balaban J connectivity index is 1.58. The largest absolute Gasteiger partial charge is 0.492 e. The van der Waals surface area contributed by atoms with Crippen LogP contribution in [-0.4, -0.2) is 18.4 Å². The predicted molar refractivity (Wildman–Crippen MR) is 102 cm³/mol. The van der Waals surface area contributed by atoms with Gasteiger partial charge in [-0.05, 0) is 48.7 Å². The van der Waals surface area contributed by atoms with Gasteiger partial charge < -0.3 is 4.74 Å². The Kier molecular flexibility index (Phi) is 8.36. The highest BCUT2D eigenvalue weighted by atomic mass is 35.5. The molecule has 0 aromatic heterocycles. The van der Waals surface area contributed by atoms with Crippen molar-refractivity contribution in [3.05, 3.63) is 63.9 Å². The van der Waals surface area contributed by atoms with Crippen LogP contribution in [0.2, 0.25) is 10.0 Å². The molecule has 2 aromatic rings. The molecule has 5 nitrogen and oxygen atoms in total. The van der Waals surface area contributed by atoms with E-state index < -0.39 is 0 Å². The summed E-state index contributed by atoms with van der Waals surface area (Å²) in [4.78, 5) is 23.4. The highest BCUT2D eigenvalue weighted by Gasteiger charge is 2.07. The molecule has 0 saturated heterocycles. The number of amides is 2. The number of hydrogen-bond acceptors (Lipinski definition) is 3. The van der Waals surface area contributed by atoms with Gasteiger partial charge >= 0.3 is 0 Å². The number of hydrazine groups is 1. The van der Waals surface area contributed by atoms with Gasteiger partial charge in [0.1, 0.15) is 11.6 Å². The van der Waals surface area contributed by atoms with Crippen LogP contribution in [-0.2, 0) is 16.0 Å². The average molecular weight is 413 g/mol. The minimum Gasteiger partial charge on any atom is -0.492 e. The van der Waals surface area contributed by atoms with Gasteiger partial charge in [-0.1, -0.05) is 35.3 Å². The van der Waals surface area contributed by atoms with Gasteiger partial charge in [0.15, 0.2) is 0 Å². The Morgan fingerprint density at radius 3 is 2.30 bits per heavy atom. The van der Waals surface area contributed by atoms with E-state index in [0.29, 0.717) is 35.2 Å². The number of aryl methyl sites for hydroxylation is 1. The Morgan fingerprint density at radius 2 is 1.63 bits per heavy atom. The molecule has 8 heteroatoms. The quantitative estimate of drug-likeness (QED) is 0.507. The predicted octanol–water partition coefficient (Wildman–Crippen LogP) is 4.07. The molecule has 0 spiro atoms. The van der Waals surface area contributed by atoms with Crippen molar-refractivity contribution >= 4 is 35.0 Å². The molecule has 2 N–H and O–H groups in total. The summed E-state index contributed by atoms with van der Waals surface area (Å²) >= 11 is 11.8. The summed E-state index contributed by atoms with van der Waals surface area (Å²) in [5, 5.41) is 0.919. The molecule has 0 aliphatic carbocycles. The first-order valence-electron chi connectivity index (χ1n) is 8.34. The Labute approximate surface area is 166 Å². The zero-order valence-corrected chi connectivity index (χ0v) is 15.9. The minimum absolute atomic E-state index is 0.184. The molecule has 0 atom stereocenters. The smallest absolute Gasteiger partial charge is 0.238 e. The highest BCUT2D eigenvalue weighted by molar-refractivity contribution is 6.35. The maximum Gasteiger partial charge on any atom is 0.238 e. The number of benzene rings is 2. The van der Waals surface area contributed by atoms with Crippen LogP contribution in [0, 0.1) is 5.82 Å². The molecule has 0 unspecified atom stereocenters. The van der Waals surface area contributed by atoms with Crippen molar-refractivity contribution in [2.45, 2.75) is 25.7 Å². The molecular formula is C19H19Cl2FN2O3. The van der Waals surface area contributed by atoms with Crippen LogP contribution in [0.5, 0.6) is 5.75 Å². The molecule has 27 heavy (non-hydrogen) atoms. The van der Waals surface area contributed by atoms with Crippen molar-refractivity contribution in [2.75, 3.05) is 6.61 Å². The van der Waals surface area contributed by atoms with Crippen molar-refractivity contribution in [2.24, 2.45) is 0 Å². The summed E-state index contributed by atoms with van der Waals surface area (Å²) in [6.45, 7) is 0.299. The van der Waals surface area contributed by atoms with E-state index in [0.717, 1.165) is 5.56 Å². The van der Waals surface area contributed by atoms with Crippen LogP contribution in [0.15, 0.2) is 42.5 Å². The second kappa shape index (κ2) is 10.7. The Hall–Kier alpha value is -2.31. The first kappa shape index (κ1) is 21.0. The van der Waals surface area contributed by atoms with Crippen LogP contribution in [0.3, 0.4) is 0 Å². The summed E-state index contributed by atoms with van der Waals surface area (Å²) in [6, 6.07) is 10.8. The zero-order valence-electron chi connectivity index (χ0n) is 14.4. The van der Waals surface area contributed by atoms with Gasteiger partial charge in [-0.15, -0.1) is 0 Å². The maximum atomic E-state index is 12.8. The van der Waals surface area contributed by atoms with Crippen molar-refractivity contribution in [1.29, 1.82) is 0 Å². The summed E-state index contributed by atoms with van der Waals surface area (Å²) in [5.41, 5.74) is 5.54. The molecular weight excluding hydrogens is 394 g/mol. The molecule has 2 aromatic carbocycles. The van der Waals surface area contributed by atoms with Gasteiger partial charge in [-0.25, -0.2) is 4.39 Å². The number of ether oxygens (including phenoxy) is 1. The second-order valence-electron chi connectivity index (χ2n) is 5.75. The lowest BCUT2D eigenvalue weighted by molar-refractivity contribution is -0.129. The molecule has 0 fully saturated rings. The van der Waals surface area contributed by atoms with Crippen LogP contribution in [0.1, 0.15) is 24.8 Å². The lowest BCUT2D eigenvalue weighted by atomic mass is 10.1. The van der Waals surface area contributed by atoms with Crippen LogP contribution >= 0.6 is 23.2 Å². The average Bonchev–Trinajstić information content (AvgIpc) is 2.64. The highest BCUT2D eigenvalue weighted by Crippen LogP contribution is 2.27. The number of nitrogens with one attached hydrogen (secondary N) is 2. The van der Waals surface area contributed by atoms with Gasteiger partial charge in [-0.3, -0.25) is 20.4 Å². The molecule has 0 bridgehead atoms. The number of carbonyl (C=O) groups is 2. The molecule has 2 amide bonds. The number of carbonyl (C=O) groups excluding carboxylic acids is 2. The summed E-state index contributed by atoms with van der Waals surface area (Å²) in [7, 11) is 0. The summed E-state index contributed by atoms with van der Waals surface area (Å²) in [5.74, 6) is -0.471. The first-order chi connectivity index (χ1) is 12.9. The van der Waals surface area contributed by atoms with E-state index in [4.69, 9.17) is 27.9 Å². The third-order valence-electron chi connectivity index (χ3n) is 3.60. The Bertz CT molecular complexity index is 785. The lowest BCUT2D eigenvalue weighted by Crippen LogP contribution is -2.41. The summed E-state index contributed by atoms with van der Waals surface area (Å²) < 4.78 is 18.3. The van der Waals surface area contributed by atoms with Crippen LogP contribution in [0.4, 0.5) is 4.39 Å². The molecule has 144 valence electrons. The molecule has 0 heterocycles. The maximum absolute atomic E-state index is 12.8. The summed E-state index contributed by atoms with van der Waals surface area (Å²) in [6.07, 6.45) is 1.28. The fourth-order valence-corrected chi connectivity index (χ4v) is 2.64. The van der Waals surface area contributed by atoms with Crippen molar-refractivity contribution in [1.82, 2.24) is 10.9 Å². The monoisotopic (exact) mass is 412 g/mol. The molecule has 2 rings (SSSR count). The van der Waals surface area contributed by atoms with Crippen molar-refractivity contribution in [3.8, 4) is 5.75 Å². The third kappa shape index (κ3) is 7.85. The van der Waals surface area contributed by atoms with Crippen LogP contribution in [0.25, 0.3) is 0 Å². The van der Waals surface area contributed by atoms with Gasteiger partial charge in [0.25, 0.3) is 0 Å². The number of halogens is 3. The SMILES string of the molecule is O=C(CCCOc1ccc(Cl)cc1Cl)NNC(=O)CCc1ccc(F)cc1. The standard InChI is InChI=1S/C19H19Cl2FN2O3/c20-14-6-9-17(16(21)12-14)27-11-1-2-18(25)23-24-19(26)10-5-13-3-7-15(22)8-4-13/h3-4,6-9,12H,1-2,5,10-11H2,(H,23,25)(H,24,26). The molecule has 0 saturated carbocycles. The minimum atomic E-state index is -0.323. The van der Waals surface area contributed by atoms with E-state index in [2.05, 4.69) is 10.9 Å². The second-order valence-corrected chi connectivity index (χ2v) is 6.59. The normalized spacial score (nSPS) is 10.3. The molecule has 0 aliphatic heterocycles. The van der Waals surface area contributed by atoms with Crippen LogP contribution < -0.4 is 15.6 Å². The van der Waals surface area contributed by atoms with E-state index in [-0.39, 0.29) is 30.5 Å². The van der Waals surface area contributed by atoms with Gasteiger partial charge in [-0.2, -0.15) is 0 Å². The van der Waals surface area contributed by atoms with Gasteiger partial charge in [0, 0.05) is 17.9 Å². The number of rotatable bonds is 8. The lowest BCUT2D eigenvalue weighted by Gasteiger charge is -2.09. The fourth-order valence-electron chi connectivity index (χ4n) is 2.18. The van der Waals surface area contributed by atoms with E-state index in [1.807, 2.05) is 0 Å². The van der Waals surface area contributed by atoms with Gasteiger partial charge in [0.05, 0.1) is 11.6 Å². The Morgan fingerprint density at radius 1 is 0.963 bits per heavy atom. The number of hydrogen-bond donors (Lipinski definition) is 2. The first-order valence-corrected chi connectivity index (χ1v) is 9.09. The zero-order chi connectivity index (χ0) is 19.6.